The third-order valence-electron chi connectivity index (χ3n) is 2.87. The van der Waals surface area contributed by atoms with E-state index in [9.17, 15) is 4.39 Å². The molecule has 1 aliphatic rings. The Labute approximate surface area is 98.8 Å². The lowest BCUT2D eigenvalue weighted by molar-refractivity contribution is 0.242. The zero-order chi connectivity index (χ0) is 11.7. The van der Waals surface area contributed by atoms with Crippen molar-refractivity contribution in [2.75, 3.05) is 12.0 Å². The van der Waals surface area contributed by atoms with Crippen LogP contribution in [0.25, 0.3) is 0 Å². The van der Waals surface area contributed by atoms with Gasteiger partial charge in [-0.25, -0.2) is 4.39 Å². The minimum Gasteiger partial charge on any atom is -0.488 e. The van der Waals surface area contributed by atoms with Gasteiger partial charge in [0.2, 0.25) is 0 Å². The van der Waals surface area contributed by atoms with Gasteiger partial charge in [-0.15, -0.1) is 0 Å². The van der Waals surface area contributed by atoms with Crippen molar-refractivity contribution in [1.82, 2.24) is 4.68 Å². The van der Waals surface area contributed by atoms with Crippen molar-refractivity contribution in [2.45, 2.75) is 12.5 Å². The summed E-state index contributed by atoms with van der Waals surface area (Å²) in [5, 5.41) is 0. The molecule has 88 valence electrons. The van der Waals surface area contributed by atoms with Crippen molar-refractivity contribution in [2.24, 2.45) is 0 Å². The van der Waals surface area contributed by atoms with Crippen LogP contribution < -0.4 is 10.2 Å². The normalized spacial score (nSPS) is 17.6. The number of halogens is 1. The fraction of sp³-hybridized carbons (Fsp3) is 0.231. The molecule has 0 fully saturated rings. The van der Waals surface area contributed by atoms with E-state index in [1.165, 1.54) is 6.07 Å². The second-order valence-corrected chi connectivity index (χ2v) is 4.15. The van der Waals surface area contributed by atoms with E-state index in [0.717, 1.165) is 17.7 Å². The van der Waals surface area contributed by atoms with E-state index in [1.807, 2.05) is 29.2 Å². The lowest BCUT2D eigenvalue weighted by Gasteiger charge is -2.13. The number of hydrogen-bond donors (Lipinski definition) is 1. The Bertz CT molecular complexity index is 510. The molecule has 1 aromatic carbocycles. The first kappa shape index (κ1) is 10.2. The first-order valence-electron chi connectivity index (χ1n) is 5.63. The number of nitrogens with zero attached hydrogens (tertiary/aromatic N) is 1. The van der Waals surface area contributed by atoms with Crippen LogP contribution in [0.1, 0.15) is 5.56 Å². The van der Waals surface area contributed by atoms with Gasteiger partial charge in [0.15, 0.2) is 0 Å². The summed E-state index contributed by atoms with van der Waals surface area (Å²) in [4.78, 5) is 0. The molecule has 0 spiro atoms. The van der Waals surface area contributed by atoms with E-state index in [0.29, 0.717) is 6.54 Å². The molecule has 0 saturated heterocycles. The smallest absolute Gasteiger partial charge is 0.123 e. The van der Waals surface area contributed by atoms with Crippen molar-refractivity contribution in [3.63, 3.8) is 0 Å². The molecule has 1 aliphatic heterocycles. The maximum absolute atomic E-state index is 13.0. The summed E-state index contributed by atoms with van der Waals surface area (Å²) in [6.45, 7) is 0.699. The van der Waals surface area contributed by atoms with E-state index in [1.54, 1.807) is 12.1 Å². The molecule has 3 nitrogen and oxygen atoms in total. The van der Waals surface area contributed by atoms with Gasteiger partial charge in [-0.2, -0.15) is 0 Å². The molecule has 1 unspecified atom stereocenters. The summed E-state index contributed by atoms with van der Waals surface area (Å²) in [6, 6.07) is 8.57. The van der Waals surface area contributed by atoms with Crippen molar-refractivity contribution in [1.29, 1.82) is 0 Å². The predicted molar refractivity (Wildman–Crippen MR) is 63.2 cm³/mol. The summed E-state index contributed by atoms with van der Waals surface area (Å²) in [5.41, 5.74) is 4.16. The molecule has 0 saturated carbocycles. The van der Waals surface area contributed by atoms with Crippen molar-refractivity contribution < 1.29 is 9.13 Å². The highest BCUT2D eigenvalue weighted by Crippen LogP contribution is 2.28. The molecule has 4 heteroatoms. The Morgan fingerprint density at radius 2 is 2.18 bits per heavy atom. The summed E-state index contributed by atoms with van der Waals surface area (Å²) in [5.74, 6) is 0.595. The average molecular weight is 232 g/mol. The molecule has 0 aliphatic carbocycles. The third kappa shape index (κ3) is 2.11. The number of fused-ring (bicyclic) bond motifs is 1. The van der Waals surface area contributed by atoms with Crippen LogP contribution in [-0.2, 0) is 6.42 Å². The predicted octanol–water partition coefficient (Wildman–Crippen LogP) is 2.17. The summed E-state index contributed by atoms with van der Waals surface area (Å²) in [7, 11) is 0. The van der Waals surface area contributed by atoms with Gasteiger partial charge in [-0.3, -0.25) is 4.68 Å². The van der Waals surface area contributed by atoms with Crippen LogP contribution >= 0.6 is 0 Å². The van der Waals surface area contributed by atoms with E-state index in [4.69, 9.17) is 4.74 Å². The molecule has 1 N–H and O–H groups in total. The standard InChI is InChI=1S/C13H13FN2O/c14-11-3-4-13-10(7-11)8-12(17-13)9-15-16-5-1-2-6-16/h1-7,12,15H,8-9H2. The van der Waals surface area contributed by atoms with Gasteiger partial charge in [0.1, 0.15) is 17.7 Å². The molecule has 0 bridgehead atoms. The van der Waals surface area contributed by atoms with Gasteiger partial charge < -0.3 is 10.2 Å². The lowest BCUT2D eigenvalue weighted by Crippen LogP contribution is -2.28. The van der Waals surface area contributed by atoms with Gasteiger partial charge in [0.05, 0.1) is 6.54 Å². The van der Waals surface area contributed by atoms with Crippen molar-refractivity contribution in [3.05, 3.63) is 54.1 Å². The van der Waals surface area contributed by atoms with Crippen LogP contribution in [0.15, 0.2) is 42.7 Å². The van der Waals surface area contributed by atoms with Gasteiger partial charge in [-0.1, -0.05) is 0 Å². The van der Waals surface area contributed by atoms with Gasteiger partial charge in [0, 0.05) is 24.4 Å². The molecular formula is C13H13FN2O. The Kier molecular flexibility index (Phi) is 2.48. The summed E-state index contributed by atoms with van der Waals surface area (Å²) < 4.78 is 20.6. The molecule has 2 heterocycles. The zero-order valence-electron chi connectivity index (χ0n) is 9.27. The summed E-state index contributed by atoms with van der Waals surface area (Å²) in [6.07, 6.45) is 4.68. The highest BCUT2D eigenvalue weighted by Gasteiger charge is 2.22. The molecule has 3 rings (SSSR count). The Balaban J connectivity index is 1.62. The minimum absolute atomic E-state index is 0.0641. The number of hydrogen-bond acceptors (Lipinski definition) is 2. The molecule has 0 amide bonds. The zero-order valence-corrected chi connectivity index (χ0v) is 9.27. The monoisotopic (exact) mass is 232 g/mol. The quantitative estimate of drug-likeness (QED) is 0.877. The topological polar surface area (TPSA) is 26.2 Å². The molecule has 17 heavy (non-hydrogen) atoms. The van der Waals surface area contributed by atoms with Crippen LogP contribution in [0.5, 0.6) is 5.75 Å². The van der Waals surface area contributed by atoms with Gasteiger partial charge >= 0.3 is 0 Å². The van der Waals surface area contributed by atoms with Crippen LogP contribution in [-0.4, -0.2) is 17.3 Å². The fourth-order valence-electron chi connectivity index (χ4n) is 2.05. The van der Waals surface area contributed by atoms with E-state index in [-0.39, 0.29) is 11.9 Å². The number of ether oxygens (including phenoxy) is 1. The maximum Gasteiger partial charge on any atom is 0.123 e. The van der Waals surface area contributed by atoms with Crippen molar-refractivity contribution in [3.8, 4) is 5.75 Å². The molecular weight excluding hydrogens is 219 g/mol. The van der Waals surface area contributed by atoms with Crippen molar-refractivity contribution >= 4 is 0 Å². The fourth-order valence-corrected chi connectivity index (χ4v) is 2.05. The maximum atomic E-state index is 13.0. The number of benzene rings is 1. The number of aromatic nitrogens is 1. The van der Waals surface area contributed by atoms with E-state index >= 15 is 0 Å². The minimum atomic E-state index is -0.202. The van der Waals surface area contributed by atoms with Crippen LogP contribution in [0.4, 0.5) is 4.39 Å². The van der Waals surface area contributed by atoms with Crippen LogP contribution in [0.3, 0.4) is 0 Å². The molecule has 1 aromatic heterocycles. The highest BCUT2D eigenvalue weighted by molar-refractivity contribution is 5.38. The number of rotatable bonds is 3. The third-order valence-corrected chi connectivity index (χ3v) is 2.87. The largest absolute Gasteiger partial charge is 0.488 e. The average Bonchev–Trinajstić information content (AvgIpc) is 2.94. The highest BCUT2D eigenvalue weighted by atomic mass is 19.1. The Morgan fingerprint density at radius 3 is 3.00 bits per heavy atom. The number of nitrogens with one attached hydrogen (secondary N) is 1. The Hall–Kier alpha value is -1.97. The van der Waals surface area contributed by atoms with Gasteiger partial charge in [0.25, 0.3) is 0 Å². The first-order valence-corrected chi connectivity index (χ1v) is 5.63. The summed E-state index contributed by atoms with van der Waals surface area (Å²) >= 11 is 0. The Morgan fingerprint density at radius 1 is 1.35 bits per heavy atom. The SMILES string of the molecule is Fc1ccc2c(c1)CC(CNn1cccc1)O2. The second kappa shape index (κ2) is 4.13. The molecule has 1 atom stereocenters. The molecule has 0 radical (unpaired) electrons. The van der Waals surface area contributed by atoms with Gasteiger partial charge in [-0.05, 0) is 30.3 Å². The van der Waals surface area contributed by atoms with E-state index < -0.39 is 0 Å². The lowest BCUT2D eigenvalue weighted by atomic mass is 10.1. The van der Waals surface area contributed by atoms with Crippen LogP contribution in [0, 0.1) is 5.82 Å². The van der Waals surface area contributed by atoms with Crippen LogP contribution in [0.2, 0.25) is 0 Å². The molecule has 2 aromatic rings. The second-order valence-electron chi connectivity index (χ2n) is 4.15. The first-order chi connectivity index (χ1) is 8.31. The van der Waals surface area contributed by atoms with E-state index in [2.05, 4.69) is 5.43 Å².